The Hall–Kier alpha value is 0.360. The van der Waals surface area contributed by atoms with Crippen LogP contribution in [0, 0.1) is 0 Å². The largest absolute Gasteiger partial charge is 0.133 e. The lowest BCUT2D eigenvalue weighted by Gasteiger charge is -2.02. The zero-order valence-electron chi connectivity index (χ0n) is 14.4. The summed E-state index contributed by atoms with van der Waals surface area (Å²) in [7, 11) is 0. The summed E-state index contributed by atoms with van der Waals surface area (Å²) in [6, 6.07) is 8.84. The van der Waals surface area contributed by atoms with Crippen molar-refractivity contribution in [1.82, 2.24) is 0 Å². The van der Waals surface area contributed by atoms with Gasteiger partial charge in [0, 0.05) is 9.75 Å². The Balaban J connectivity index is 1.32. The smallest absolute Gasteiger partial charge is 0.0701 e. The maximum absolute atomic E-state index is 3.54. The van der Waals surface area contributed by atoms with Crippen LogP contribution in [0.2, 0.25) is 0 Å². The maximum Gasteiger partial charge on any atom is 0.0701 e. The molecule has 2 heterocycles. The lowest BCUT2D eigenvalue weighted by Crippen LogP contribution is -1.85. The third-order valence-corrected chi connectivity index (χ3v) is 7.72. The summed E-state index contributed by atoms with van der Waals surface area (Å²) in [6.45, 7) is 0. The molecule has 0 atom stereocenters. The highest BCUT2D eigenvalue weighted by Crippen LogP contribution is 2.24. The van der Waals surface area contributed by atoms with E-state index in [0.717, 1.165) is 0 Å². The van der Waals surface area contributed by atoms with Crippen molar-refractivity contribution in [3.05, 3.63) is 41.6 Å². The molecule has 0 bridgehead atoms. The monoisotopic (exact) mass is 490 g/mol. The van der Waals surface area contributed by atoms with Crippen molar-refractivity contribution in [2.75, 3.05) is 0 Å². The normalized spacial score (nSPS) is 11.2. The second-order valence-electron chi connectivity index (χ2n) is 6.45. The molecule has 0 N–H and O–H groups in total. The first-order valence-electron chi connectivity index (χ1n) is 9.22. The van der Waals surface area contributed by atoms with E-state index in [1.54, 1.807) is 0 Å². The Bertz CT molecular complexity index is 509. The van der Waals surface area contributed by atoms with E-state index in [0.29, 0.717) is 0 Å². The minimum Gasteiger partial charge on any atom is -0.133 e. The van der Waals surface area contributed by atoms with Crippen molar-refractivity contribution in [3.8, 4) is 0 Å². The minimum atomic E-state index is 1.26. The molecular formula is C20H28Br2S2. The van der Waals surface area contributed by atoms with Crippen molar-refractivity contribution < 1.29 is 0 Å². The van der Waals surface area contributed by atoms with Crippen LogP contribution in [0.1, 0.15) is 74.0 Å². The summed E-state index contributed by atoms with van der Waals surface area (Å²) in [5.74, 6) is 0. The van der Waals surface area contributed by atoms with Gasteiger partial charge in [-0.15, -0.1) is 22.7 Å². The van der Waals surface area contributed by atoms with E-state index in [1.807, 2.05) is 22.7 Å². The van der Waals surface area contributed by atoms with Crippen LogP contribution in [-0.2, 0) is 12.8 Å². The van der Waals surface area contributed by atoms with Crippen molar-refractivity contribution in [2.45, 2.75) is 77.0 Å². The summed E-state index contributed by atoms with van der Waals surface area (Å²) in [4.78, 5) is 3.05. The van der Waals surface area contributed by atoms with Gasteiger partial charge in [0.1, 0.15) is 0 Å². The summed E-state index contributed by atoms with van der Waals surface area (Å²) in [6.07, 6.45) is 16.6. The van der Waals surface area contributed by atoms with Crippen molar-refractivity contribution in [1.29, 1.82) is 0 Å². The molecule has 0 saturated heterocycles. The molecule has 0 unspecified atom stereocenters. The number of rotatable bonds is 13. The number of hydrogen-bond donors (Lipinski definition) is 0. The lowest BCUT2D eigenvalue weighted by molar-refractivity contribution is 0.552. The third kappa shape index (κ3) is 9.17. The van der Waals surface area contributed by atoms with Gasteiger partial charge in [-0.25, -0.2) is 0 Å². The summed E-state index contributed by atoms with van der Waals surface area (Å²) in [5, 5.41) is 0. The minimum absolute atomic E-state index is 1.26. The Kier molecular flexibility index (Phi) is 10.9. The molecular weight excluding hydrogens is 464 g/mol. The number of unbranched alkanes of at least 4 members (excludes halogenated alkanes) is 9. The van der Waals surface area contributed by atoms with Crippen LogP contribution in [0.3, 0.4) is 0 Å². The molecule has 0 fully saturated rings. The molecule has 0 radical (unpaired) electrons. The van der Waals surface area contributed by atoms with Gasteiger partial charge in [-0.3, -0.25) is 0 Å². The molecule has 0 amide bonds. The van der Waals surface area contributed by atoms with E-state index >= 15 is 0 Å². The third-order valence-electron chi connectivity index (χ3n) is 4.35. The van der Waals surface area contributed by atoms with E-state index in [1.165, 1.54) is 94.4 Å². The number of thiophene rings is 2. The fraction of sp³-hybridized carbons (Fsp3) is 0.600. The van der Waals surface area contributed by atoms with Gasteiger partial charge < -0.3 is 0 Å². The molecule has 0 nitrogen and oxygen atoms in total. The molecule has 0 aliphatic carbocycles. The topological polar surface area (TPSA) is 0 Å². The van der Waals surface area contributed by atoms with Crippen molar-refractivity contribution in [2.24, 2.45) is 0 Å². The predicted molar refractivity (Wildman–Crippen MR) is 118 cm³/mol. The molecule has 0 aliphatic rings. The van der Waals surface area contributed by atoms with E-state index in [9.17, 15) is 0 Å². The molecule has 2 aromatic rings. The number of aryl methyl sites for hydroxylation is 2. The van der Waals surface area contributed by atoms with Crippen LogP contribution in [0.5, 0.6) is 0 Å². The second-order valence-corrected chi connectivity index (χ2v) is 11.5. The van der Waals surface area contributed by atoms with E-state index in [-0.39, 0.29) is 0 Å². The van der Waals surface area contributed by atoms with Gasteiger partial charge in [0.25, 0.3) is 0 Å². The van der Waals surface area contributed by atoms with Crippen LogP contribution < -0.4 is 0 Å². The Morgan fingerprint density at radius 1 is 0.500 bits per heavy atom. The van der Waals surface area contributed by atoms with Gasteiger partial charge in [0.15, 0.2) is 0 Å². The molecule has 0 aromatic carbocycles. The molecule has 4 heteroatoms. The summed E-state index contributed by atoms with van der Waals surface area (Å²) < 4.78 is 2.53. The SMILES string of the molecule is Brc1ccc(CCCCCCCCCCCCc2ccc(Br)s2)s1. The first kappa shape index (κ1) is 20.7. The Morgan fingerprint density at radius 2 is 0.833 bits per heavy atom. The van der Waals surface area contributed by atoms with Crippen molar-refractivity contribution in [3.63, 3.8) is 0 Å². The van der Waals surface area contributed by atoms with Crippen LogP contribution in [0.15, 0.2) is 31.8 Å². The van der Waals surface area contributed by atoms with Crippen LogP contribution >= 0.6 is 54.5 Å². The Morgan fingerprint density at radius 3 is 1.12 bits per heavy atom. The Labute approximate surface area is 172 Å². The average Bonchev–Trinajstić information content (AvgIpc) is 3.17. The van der Waals surface area contributed by atoms with Gasteiger partial charge >= 0.3 is 0 Å². The van der Waals surface area contributed by atoms with E-state index in [4.69, 9.17) is 0 Å². The van der Waals surface area contributed by atoms with Gasteiger partial charge in [0.2, 0.25) is 0 Å². The van der Waals surface area contributed by atoms with Gasteiger partial charge in [-0.2, -0.15) is 0 Å². The summed E-state index contributed by atoms with van der Waals surface area (Å²) in [5.41, 5.74) is 0. The highest BCUT2D eigenvalue weighted by Gasteiger charge is 1.99. The van der Waals surface area contributed by atoms with Crippen LogP contribution in [0.25, 0.3) is 0 Å². The van der Waals surface area contributed by atoms with E-state index < -0.39 is 0 Å². The molecule has 0 saturated carbocycles. The predicted octanol–water partition coefficient (Wildman–Crippen LogP) is 9.02. The van der Waals surface area contributed by atoms with Gasteiger partial charge in [-0.05, 0) is 81.8 Å². The van der Waals surface area contributed by atoms with Crippen molar-refractivity contribution >= 4 is 54.5 Å². The molecule has 2 rings (SSSR count). The quantitative estimate of drug-likeness (QED) is 0.245. The fourth-order valence-electron chi connectivity index (χ4n) is 2.98. The standard InChI is InChI=1S/C20H28Br2S2/c21-19-15-13-17(23-19)11-9-7-5-3-1-2-4-6-8-10-12-18-14-16-20(22)24-18/h13-16H,1-12H2. The summed E-state index contributed by atoms with van der Waals surface area (Å²) >= 11 is 10.8. The number of halogens is 2. The maximum atomic E-state index is 3.54. The lowest BCUT2D eigenvalue weighted by atomic mass is 10.0. The highest BCUT2D eigenvalue weighted by molar-refractivity contribution is 9.11. The van der Waals surface area contributed by atoms with Gasteiger partial charge in [0.05, 0.1) is 7.57 Å². The highest BCUT2D eigenvalue weighted by atomic mass is 79.9. The zero-order chi connectivity index (χ0) is 17.0. The number of hydrogen-bond acceptors (Lipinski definition) is 2. The molecule has 0 spiro atoms. The second kappa shape index (κ2) is 12.7. The fourth-order valence-corrected chi connectivity index (χ4v) is 6.03. The molecule has 24 heavy (non-hydrogen) atoms. The molecule has 0 aliphatic heterocycles. The van der Waals surface area contributed by atoms with Crippen LogP contribution in [-0.4, -0.2) is 0 Å². The van der Waals surface area contributed by atoms with Gasteiger partial charge in [-0.1, -0.05) is 51.4 Å². The molecule has 2 aromatic heterocycles. The van der Waals surface area contributed by atoms with Crippen LogP contribution in [0.4, 0.5) is 0 Å². The average molecular weight is 492 g/mol. The molecule has 134 valence electrons. The van der Waals surface area contributed by atoms with E-state index in [2.05, 4.69) is 56.1 Å². The first-order valence-corrected chi connectivity index (χ1v) is 12.4. The zero-order valence-corrected chi connectivity index (χ0v) is 19.2. The first-order chi connectivity index (χ1) is 11.7.